The van der Waals surface area contributed by atoms with Gasteiger partial charge in [0.2, 0.25) is 0 Å². The van der Waals surface area contributed by atoms with Crippen molar-refractivity contribution in [1.82, 2.24) is 0 Å². The molecule has 0 heterocycles. The van der Waals surface area contributed by atoms with Gasteiger partial charge in [-0.25, -0.2) is 13.2 Å². The zero-order valence-corrected chi connectivity index (χ0v) is 22.0. The highest BCUT2D eigenvalue weighted by Gasteiger charge is 2.20. The van der Waals surface area contributed by atoms with Crippen LogP contribution in [-0.4, -0.2) is 25.8 Å². The predicted molar refractivity (Wildman–Crippen MR) is 140 cm³/mol. The molecular formula is C29H21Cl2F3O4. The van der Waals surface area contributed by atoms with E-state index in [1.54, 1.807) is 43.3 Å². The van der Waals surface area contributed by atoms with E-state index in [9.17, 15) is 22.8 Å². The summed E-state index contributed by atoms with van der Waals surface area (Å²) in [5.74, 6) is -3.35. The van der Waals surface area contributed by atoms with E-state index in [0.717, 1.165) is 12.1 Å². The maximum atomic E-state index is 13.8. The maximum absolute atomic E-state index is 13.8. The molecule has 0 atom stereocenters. The van der Waals surface area contributed by atoms with Gasteiger partial charge < -0.3 is 9.47 Å². The molecule has 0 aliphatic heterocycles. The second-order valence-electron chi connectivity index (χ2n) is 7.89. The first kappa shape index (κ1) is 28.8. The third-order valence-electron chi connectivity index (χ3n) is 5.47. The summed E-state index contributed by atoms with van der Waals surface area (Å²) < 4.78 is 50.5. The molecule has 38 heavy (non-hydrogen) atoms. The van der Waals surface area contributed by atoms with Gasteiger partial charge in [0.1, 0.15) is 5.82 Å². The number of hydrogen-bond acceptors (Lipinski definition) is 4. The Morgan fingerprint density at radius 3 is 1.50 bits per heavy atom. The SMILES string of the molecule is COc1cc(C)c(C(=O)c2ccccc2Cl)cc1F.COc1cc(F)c(C(=O)c2ccccc2Cl)cc1F. The van der Waals surface area contributed by atoms with Gasteiger partial charge in [0.05, 0.1) is 29.8 Å². The van der Waals surface area contributed by atoms with E-state index in [1.165, 1.54) is 38.5 Å². The van der Waals surface area contributed by atoms with Crippen molar-refractivity contribution in [3.8, 4) is 11.5 Å². The number of methoxy groups -OCH3 is 2. The van der Waals surface area contributed by atoms with Crippen molar-refractivity contribution >= 4 is 34.8 Å². The summed E-state index contributed by atoms with van der Waals surface area (Å²) in [6.07, 6.45) is 0. The Balaban J connectivity index is 0.000000211. The van der Waals surface area contributed by atoms with E-state index in [0.29, 0.717) is 16.1 Å². The van der Waals surface area contributed by atoms with E-state index >= 15 is 0 Å². The molecule has 0 unspecified atom stereocenters. The van der Waals surface area contributed by atoms with Crippen LogP contribution < -0.4 is 9.47 Å². The van der Waals surface area contributed by atoms with Crippen molar-refractivity contribution in [3.05, 3.63) is 128 Å². The standard InChI is InChI=1S/C15H12ClFO2.C14H9ClF2O2/c1-9-7-14(19-2)13(17)8-11(9)15(18)10-5-3-4-6-12(10)16;1-19-13-7-11(16)9(6-12(13)17)14(18)8-4-2-3-5-10(8)15/h3-8H,1-2H3;2-7H,1H3. The number of rotatable bonds is 6. The van der Waals surface area contributed by atoms with Crippen LogP contribution in [-0.2, 0) is 0 Å². The molecule has 0 N–H and O–H groups in total. The molecule has 0 radical (unpaired) electrons. The minimum absolute atomic E-state index is 0.118. The fourth-order valence-corrected chi connectivity index (χ4v) is 3.94. The number of carbonyl (C=O) groups excluding carboxylic acids is 2. The van der Waals surface area contributed by atoms with Gasteiger partial charge in [-0.15, -0.1) is 0 Å². The van der Waals surface area contributed by atoms with Gasteiger partial charge in [-0.05, 0) is 55.0 Å². The molecule has 0 aromatic heterocycles. The molecule has 9 heteroatoms. The van der Waals surface area contributed by atoms with Gasteiger partial charge in [-0.1, -0.05) is 47.5 Å². The number of benzene rings is 4. The van der Waals surface area contributed by atoms with Crippen LogP contribution in [0.4, 0.5) is 13.2 Å². The zero-order valence-electron chi connectivity index (χ0n) is 20.5. The molecule has 4 rings (SSSR count). The molecule has 0 bridgehead atoms. The fourth-order valence-electron chi connectivity index (χ4n) is 3.50. The Hall–Kier alpha value is -3.81. The Kier molecular flexibility index (Phi) is 9.55. The normalized spacial score (nSPS) is 10.3. The summed E-state index contributed by atoms with van der Waals surface area (Å²) in [5.41, 5.74) is 1.02. The van der Waals surface area contributed by atoms with Crippen LogP contribution in [0.3, 0.4) is 0 Å². The summed E-state index contributed by atoms with van der Waals surface area (Å²) in [7, 11) is 2.60. The number of ketones is 2. The summed E-state index contributed by atoms with van der Waals surface area (Å²) in [5, 5.41) is 0.534. The highest BCUT2D eigenvalue weighted by Crippen LogP contribution is 2.27. The molecule has 196 valence electrons. The lowest BCUT2D eigenvalue weighted by atomic mass is 9.98. The third-order valence-corrected chi connectivity index (χ3v) is 6.13. The second-order valence-corrected chi connectivity index (χ2v) is 8.70. The molecule has 0 amide bonds. The summed E-state index contributed by atoms with van der Waals surface area (Å²) in [6.45, 7) is 1.73. The van der Waals surface area contributed by atoms with E-state index in [4.69, 9.17) is 27.9 Å². The highest BCUT2D eigenvalue weighted by molar-refractivity contribution is 6.35. The summed E-state index contributed by atoms with van der Waals surface area (Å²) in [4.78, 5) is 24.5. The molecule has 0 saturated heterocycles. The number of aryl methyl sites for hydroxylation is 1. The molecule has 0 spiro atoms. The lowest BCUT2D eigenvalue weighted by Crippen LogP contribution is -2.06. The molecule has 4 aromatic rings. The highest BCUT2D eigenvalue weighted by atomic mass is 35.5. The van der Waals surface area contributed by atoms with Crippen LogP contribution in [0.5, 0.6) is 11.5 Å². The quantitative estimate of drug-likeness (QED) is 0.225. The van der Waals surface area contributed by atoms with Crippen LogP contribution in [0.15, 0.2) is 72.8 Å². The average Bonchev–Trinajstić information content (AvgIpc) is 2.91. The first-order chi connectivity index (χ1) is 18.1. The third kappa shape index (κ3) is 6.36. The van der Waals surface area contributed by atoms with E-state index in [2.05, 4.69) is 4.74 Å². The van der Waals surface area contributed by atoms with Crippen molar-refractivity contribution in [2.24, 2.45) is 0 Å². The van der Waals surface area contributed by atoms with Gasteiger partial charge in [-0.2, -0.15) is 0 Å². The van der Waals surface area contributed by atoms with E-state index < -0.39 is 23.2 Å². The van der Waals surface area contributed by atoms with Crippen LogP contribution in [0, 0.1) is 24.4 Å². The second kappa shape index (κ2) is 12.6. The summed E-state index contributed by atoms with van der Waals surface area (Å²) >= 11 is 11.8. The lowest BCUT2D eigenvalue weighted by Gasteiger charge is -2.09. The number of hydrogen-bond donors (Lipinski definition) is 0. The van der Waals surface area contributed by atoms with Crippen LogP contribution in [0.25, 0.3) is 0 Å². The number of ether oxygens (including phenoxy) is 2. The van der Waals surface area contributed by atoms with Gasteiger partial charge in [0.15, 0.2) is 34.7 Å². The van der Waals surface area contributed by atoms with Crippen molar-refractivity contribution in [2.45, 2.75) is 6.92 Å². The van der Waals surface area contributed by atoms with E-state index in [1.807, 2.05) is 0 Å². The molecule has 0 aliphatic rings. The Morgan fingerprint density at radius 1 is 0.605 bits per heavy atom. The van der Waals surface area contributed by atoms with Crippen molar-refractivity contribution < 1.29 is 32.2 Å². The molecule has 0 aliphatic carbocycles. The first-order valence-electron chi connectivity index (χ1n) is 11.0. The Morgan fingerprint density at radius 2 is 1.03 bits per heavy atom. The van der Waals surface area contributed by atoms with Crippen molar-refractivity contribution in [2.75, 3.05) is 14.2 Å². The number of carbonyl (C=O) groups is 2. The minimum Gasteiger partial charge on any atom is -0.494 e. The van der Waals surface area contributed by atoms with Gasteiger partial charge in [-0.3, -0.25) is 9.59 Å². The lowest BCUT2D eigenvalue weighted by molar-refractivity contribution is 0.102. The monoisotopic (exact) mass is 560 g/mol. The predicted octanol–water partition coefficient (Wildman–Crippen LogP) is 7.88. The maximum Gasteiger partial charge on any atom is 0.197 e. The molecular weight excluding hydrogens is 540 g/mol. The first-order valence-corrected chi connectivity index (χ1v) is 11.8. The topological polar surface area (TPSA) is 52.6 Å². The van der Waals surface area contributed by atoms with Crippen LogP contribution >= 0.6 is 23.2 Å². The minimum atomic E-state index is -0.858. The van der Waals surface area contributed by atoms with Crippen LogP contribution in [0.2, 0.25) is 10.0 Å². The van der Waals surface area contributed by atoms with Gasteiger partial charge in [0.25, 0.3) is 0 Å². The fraction of sp³-hybridized carbons (Fsp3) is 0.103. The molecule has 0 saturated carbocycles. The van der Waals surface area contributed by atoms with E-state index in [-0.39, 0.29) is 39.0 Å². The molecule has 4 nitrogen and oxygen atoms in total. The smallest absolute Gasteiger partial charge is 0.197 e. The van der Waals surface area contributed by atoms with Gasteiger partial charge in [0, 0.05) is 22.8 Å². The average molecular weight is 561 g/mol. The zero-order chi connectivity index (χ0) is 28.0. The summed E-state index contributed by atoms with van der Waals surface area (Å²) in [6, 6.07) is 17.2. The molecule has 4 aromatic carbocycles. The van der Waals surface area contributed by atoms with Gasteiger partial charge >= 0.3 is 0 Å². The molecule has 0 fully saturated rings. The largest absolute Gasteiger partial charge is 0.494 e. The van der Waals surface area contributed by atoms with Crippen LogP contribution in [0.1, 0.15) is 37.4 Å². The van der Waals surface area contributed by atoms with Crippen molar-refractivity contribution in [3.63, 3.8) is 0 Å². The Bertz CT molecular complexity index is 1390. The Labute approximate surface area is 227 Å². The number of halogens is 5. The van der Waals surface area contributed by atoms with Crippen molar-refractivity contribution in [1.29, 1.82) is 0 Å².